The van der Waals surface area contributed by atoms with Crippen LogP contribution in [0, 0.1) is 0 Å². The molecule has 3 rings (SSSR count). The van der Waals surface area contributed by atoms with Crippen LogP contribution in [-0.2, 0) is 25.9 Å². The van der Waals surface area contributed by atoms with E-state index in [9.17, 15) is 9.59 Å². The topological polar surface area (TPSA) is 71.0 Å². The molecule has 0 unspecified atom stereocenters. The highest BCUT2D eigenvalue weighted by atomic mass is 16.2. The third kappa shape index (κ3) is 3.27. The number of carbonyl (C=O) groups is 1. The first kappa shape index (κ1) is 16.5. The molecular formula is C18H24N4O2. The average molecular weight is 328 g/mol. The van der Waals surface area contributed by atoms with E-state index >= 15 is 0 Å². The summed E-state index contributed by atoms with van der Waals surface area (Å²) in [6.45, 7) is 5.75. The molecular weight excluding hydrogens is 304 g/mol. The number of nitrogens with one attached hydrogen (secondary N) is 1. The maximum Gasteiger partial charge on any atom is 0.261 e. The van der Waals surface area contributed by atoms with E-state index in [0.29, 0.717) is 13.1 Å². The van der Waals surface area contributed by atoms with Gasteiger partial charge in [-0.05, 0) is 51.2 Å². The van der Waals surface area contributed by atoms with Crippen molar-refractivity contribution in [2.24, 2.45) is 0 Å². The smallest absolute Gasteiger partial charge is 0.261 e. The molecule has 1 N–H and O–H groups in total. The fourth-order valence-corrected chi connectivity index (χ4v) is 3.21. The minimum Gasteiger partial charge on any atom is -0.334 e. The molecule has 128 valence electrons. The lowest BCUT2D eigenvalue weighted by molar-refractivity contribution is 0.0750. The number of hydrogen-bond acceptors (Lipinski definition) is 3. The summed E-state index contributed by atoms with van der Waals surface area (Å²) >= 11 is 0. The van der Waals surface area contributed by atoms with E-state index in [2.05, 4.69) is 10.1 Å². The zero-order valence-corrected chi connectivity index (χ0v) is 14.3. The van der Waals surface area contributed by atoms with E-state index in [1.54, 1.807) is 17.2 Å². The average Bonchev–Trinajstić information content (AvgIpc) is 3.06. The van der Waals surface area contributed by atoms with Crippen molar-refractivity contribution in [2.45, 2.75) is 52.6 Å². The number of aryl methyl sites for hydroxylation is 3. The van der Waals surface area contributed by atoms with Crippen LogP contribution in [-0.4, -0.2) is 32.1 Å². The third-order valence-corrected chi connectivity index (χ3v) is 4.62. The van der Waals surface area contributed by atoms with Crippen LogP contribution in [0.4, 0.5) is 0 Å². The second kappa shape index (κ2) is 7.03. The van der Waals surface area contributed by atoms with Gasteiger partial charge in [-0.3, -0.25) is 14.3 Å². The molecule has 0 fully saturated rings. The molecule has 0 radical (unpaired) electrons. The third-order valence-electron chi connectivity index (χ3n) is 4.62. The molecule has 2 heterocycles. The molecule has 1 aliphatic rings. The van der Waals surface area contributed by atoms with E-state index in [0.717, 1.165) is 49.0 Å². The van der Waals surface area contributed by atoms with Gasteiger partial charge in [-0.2, -0.15) is 5.10 Å². The van der Waals surface area contributed by atoms with Gasteiger partial charge in [-0.15, -0.1) is 0 Å². The van der Waals surface area contributed by atoms with Crippen molar-refractivity contribution in [1.29, 1.82) is 0 Å². The van der Waals surface area contributed by atoms with Crippen molar-refractivity contribution in [3.8, 4) is 0 Å². The molecule has 0 bridgehead atoms. The van der Waals surface area contributed by atoms with Crippen molar-refractivity contribution in [3.05, 3.63) is 51.2 Å². The second-order valence-electron chi connectivity index (χ2n) is 6.25. The van der Waals surface area contributed by atoms with Gasteiger partial charge in [0.1, 0.15) is 5.56 Å². The number of rotatable bonds is 5. The fourth-order valence-electron chi connectivity index (χ4n) is 3.21. The van der Waals surface area contributed by atoms with Gasteiger partial charge in [-0.25, -0.2) is 0 Å². The Balaban J connectivity index is 1.84. The van der Waals surface area contributed by atoms with Crippen molar-refractivity contribution in [3.63, 3.8) is 0 Å². The van der Waals surface area contributed by atoms with Crippen LogP contribution < -0.4 is 5.56 Å². The molecule has 0 aliphatic heterocycles. The number of carbonyl (C=O) groups excluding carboxylic acids is 1. The van der Waals surface area contributed by atoms with Crippen LogP contribution in [0.5, 0.6) is 0 Å². The molecule has 0 atom stereocenters. The monoisotopic (exact) mass is 328 g/mol. The maximum atomic E-state index is 12.8. The molecule has 6 heteroatoms. The summed E-state index contributed by atoms with van der Waals surface area (Å²) in [5.41, 5.74) is 3.05. The minimum absolute atomic E-state index is 0.212. The molecule has 0 aromatic carbocycles. The summed E-state index contributed by atoms with van der Waals surface area (Å²) in [7, 11) is 0. The quantitative estimate of drug-likeness (QED) is 0.914. The largest absolute Gasteiger partial charge is 0.334 e. The second-order valence-corrected chi connectivity index (χ2v) is 6.25. The van der Waals surface area contributed by atoms with Crippen LogP contribution >= 0.6 is 0 Å². The predicted octanol–water partition coefficient (Wildman–Crippen LogP) is 2.13. The zero-order valence-electron chi connectivity index (χ0n) is 14.3. The summed E-state index contributed by atoms with van der Waals surface area (Å²) in [6.07, 6.45) is 7.75. The van der Waals surface area contributed by atoms with Crippen molar-refractivity contribution in [2.75, 3.05) is 6.54 Å². The highest BCUT2D eigenvalue weighted by Crippen LogP contribution is 2.19. The van der Waals surface area contributed by atoms with Crippen molar-refractivity contribution in [1.82, 2.24) is 19.7 Å². The van der Waals surface area contributed by atoms with Crippen LogP contribution in [0.2, 0.25) is 0 Å². The Bertz CT molecular complexity index is 791. The van der Waals surface area contributed by atoms with E-state index in [4.69, 9.17) is 0 Å². The van der Waals surface area contributed by atoms with Crippen LogP contribution in [0.25, 0.3) is 0 Å². The van der Waals surface area contributed by atoms with Gasteiger partial charge >= 0.3 is 0 Å². The zero-order chi connectivity index (χ0) is 17.1. The first-order valence-electron chi connectivity index (χ1n) is 8.68. The van der Waals surface area contributed by atoms with Gasteiger partial charge in [0.25, 0.3) is 11.5 Å². The lowest BCUT2D eigenvalue weighted by Crippen LogP contribution is -2.35. The summed E-state index contributed by atoms with van der Waals surface area (Å²) in [4.78, 5) is 29.8. The number of amides is 1. The van der Waals surface area contributed by atoms with Crippen LogP contribution in [0.15, 0.2) is 23.3 Å². The number of aromatic amines is 1. The Morgan fingerprint density at radius 3 is 2.83 bits per heavy atom. The Kier molecular flexibility index (Phi) is 4.83. The van der Waals surface area contributed by atoms with Crippen LogP contribution in [0.1, 0.15) is 53.9 Å². The highest BCUT2D eigenvalue weighted by molar-refractivity contribution is 5.94. The van der Waals surface area contributed by atoms with Gasteiger partial charge in [0.2, 0.25) is 0 Å². The molecule has 2 aromatic heterocycles. The lowest BCUT2D eigenvalue weighted by Gasteiger charge is -2.21. The van der Waals surface area contributed by atoms with Gasteiger partial charge in [0.05, 0.1) is 6.20 Å². The molecule has 24 heavy (non-hydrogen) atoms. The Labute approximate surface area is 141 Å². The van der Waals surface area contributed by atoms with Gasteiger partial charge in [0.15, 0.2) is 0 Å². The minimum atomic E-state index is -0.275. The van der Waals surface area contributed by atoms with E-state index in [-0.39, 0.29) is 17.0 Å². The number of H-pyrrole nitrogens is 1. The van der Waals surface area contributed by atoms with Gasteiger partial charge in [0, 0.05) is 37.1 Å². The molecule has 1 aliphatic carbocycles. The lowest BCUT2D eigenvalue weighted by atomic mass is 9.95. The molecule has 0 spiro atoms. The summed E-state index contributed by atoms with van der Waals surface area (Å²) in [6, 6.07) is 1.80. The Morgan fingerprint density at radius 1 is 1.33 bits per heavy atom. The standard InChI is InChI=1S/C18H24N4O2/c1-3-21(11-13-10-19-22(4-2)12-13)18(24)15-9-14-7-5-6-8-16(14)20-17(15)23/h9-10,12H,3-8,11H2,1-2H3,(H,20,23). The van der Waals surface area contributed by atoms with Crippen molar-refractivity contribution >= 4 is 5.91 Å². The number of hydrogen-bond donors (Lipinski definition) is 1. The highest BCUT2D eigenvalue weighted by Gasteiger charge is 2.21. The van der Waals surface area contributed by atoms with Crippen LogP contribution in [0.3, 0.4) is 0 Å². The Hall–Kier alpha value is -2.37. The first-order valence-corrected chi connectivity index (χ1v) is 8.68. The number of aromatic nitrogens is 3. The summed E-state index contributed by atoms with van der Waals surface area (Å²) in [5, 5.41) is 4.24. The summed E-state index contributed by atoms with van der Waals surface area (Å²) in [5.74, 6) is -0.212. The maximum absolute atomic E-state index is 12.8. The van der Waals surface area contributed by atoms with Crippen molar-refractivity contribution < 1.29 is 4.79 Å². The SMILES string of the molecule is CCN(Cc1cnn(CC)c1)C(=O)c1cc2c([nH]c1=O)CCCC2. The molecule has 6 nitrogen and oxygen atoms in total. The van der Waals surface area contributed by atoms with Gasteiger partial charge in [-0.1, -0.05) is 0 Å². The molecule has 0 saturated carbocycles. The normalized spacial score (nSPS) is 13.6. The fraction of sp³-hybridized carbons (Fsp3) is 0.500. The van der Waals surface area contributed by atoms with Gasteiger partial charge < -0.3 is 9.88 Å². The Morgan fingerprint density at radius 2 is 2.12 bits per heavy atom. The van der Waals surface area contributed by atoms with E-state index in [1.807, 2.05) is 24.7 Å². The number of nitrogens with zero attached hydrogens (tertiary/aromatic N) is 3. The molecule has 1 amide bonds. The van der Waals surface area contributed by atoms with E-state index < -0.39 is 0 Å². The van der Waals surface area contributed by atoms with E-state index in [1.165, 1.54) is 0 Å². The predicted molar refractivity (Wildman–Crippen MR) is 92.0 cm³/mol. The first-order chi connectivity index (χ1) is 11.6. The molecule has 0 saturated heterocycles. The number of fused-ring (bicyclic) bond motifs is 1. The summed E-state index contributed by atoms with van der Waals surface area (Å²) < 4.78 is 1.83. The molecule has 2 aromatic rings. The number of pyridine rings is 1.